The monoisotopic (exact) mass is 386 g/mol. The van der Waals surface area contributed by atoms with Crippen LogP contribution in [0.2, 0.25) is 0 Å². The number of rotatable bonds is 6. The lowest BCUT2D eigenvalue weighted by Gasteiger charge is -2.07. The fraction of sp³-hybridized carbons (Fsp3) is 0.333. The molecule has 0 atom stereocenters. The number of hydrogen-bond donors (Lipinski definition) is 0. The van der Waals surface area contributed by atoms with Gasteiger partial charge in [-0.05, 0) is 22.0 Å². The fourth-order valence-corrected chi connectivity index (χ4v) is 4.00. The number of thiophene rings is 1. The minimum Gasteiger partial charge on any atom is -0.493 e. The van der Waals surface area contributed by atoms with Crippen molar-refractivity contribution in [1.82, 2.24) is 0 Å². The normalized spacial score (nSPS) is 10.5. The number of methoxy groups -OCH3 is 3. The Balaban J connectivity index is 2.37. The van der Waals surface area contributed by atoms with Gasteiger partial charge >= 0.3 is 5.97 Å². The molecule has 0 aliphatic carbocycles. The zero-order valence-corrected chi connectivity index (χ0v) is 14.8. The summed E-state index contributed by atoms with van der Waals surface area (Å²) in [7, 11) is 4.43. The van der Waals surface area contributed by atoms with Crippen LogP contribution in [0.25, 0.3) is 10.1 Å². The SMILES string of the molecule is COC(=O)CCC(=O)c1sc2cc(OC)c(OC)cc2c1Br. The number of benzene rings is 1. The topological polar surface area (TPSA) is 61.8 Å². The number of Topliss-reactive ketones (excluding diaryl/α,β-unsaturated/α-hetero) is 1. The van der Waals surface area contributed by atoms with Crippen LogP contribution in [0.4, 0.5) is 0 Å². The van der Waals surface area contributed by atoms with E-state index in [1.54, 1.807) is 14.2 Å². The molecule has 0 aliphatic rings. The molecular weight excluding hydrogens is 372 g/mol. The Labute approximate surface area is 140 Å². The minimum absolute atomic E-state index is 0.0721. The van der Waals surface area contributed by atoms with Crippen LogP contribution in [0.1, 0.15) is 22.5 Å². The first-order valence-electron chi connectivity index (χ1n) is 6.45. The zero-order valence-electron chi connectivity index (χ0n) is 12.4. The second kappa shape index (κ2) is 7.11. The average Bonchev–Trinajstić information content (AvgIpc) is 2.87. The Bertz CT molecular complexity index is 722. The molecular formula is C15H15BrO5S. The maximum absolute atomic E-state index is 12.3. The maximum Gasteiger partial charge on any atom is 0.305 e. The molecule has 0 saturated heterocycles. The molecule has 0 radical (unpaired) electrons. The number of hydrogen-bond acceptors (Lipinski definition) is 6. The quantitative estimate of drug-likeness (QED) is 0.557. The van der Waals surface area contributed by atoms with Crippen LogP contribution >= 0.6 is 27.3 Å². The smallest absolute Gasteiger partial charge is 0.305 e. The Hall–Kier alpha value is -1.60. The van der Waals surface area contributed by atoms with Gasteiger partial charge in [0.15, 0.2) is 17.3 Å². The molecule has 0 unspecified atom stereocenters. The van der Waals surface area contributed by atoms with Crippen LogP contribution in [0, 0.1) is 0 Å². The summed E-state index contributed by atoms with van der Waals surface area (Å²) in [6, 6.07) is 3.66. The lowest BCUT2D eigenvalue weighted by molar-refractivity contribution is -0.140. The molecule has 2 rings (SSSR count). The summed E-state index contributed by atoms with van der Waals surface area (Å²) < 4.78 is 16.7. The molecule has 1 heterocycles. The lowest BCUT2D eigenvalue weighted by Crippen LogP contribution is -2.05. The Morgan fingerprint density at radius 3 is 2.32 bits per heavy atom. The first-order valence-corrected chi connectivity index (χ1v) is 8.06. The molecule has 0 aliphatic heterocycles. The summed E-state index contributed by atoms with van der Waals surface area (Å²) in [4.78, 5) is 24.0. The Morgan fingerprint density at radius 1 is 1.09 bits per heavy atom. The molecule has 118 valence electrons. The van der Waals surface area contributed by atoms with Crippen molar-refractivity contribution in [3.63, 3.8) is 0 Å². The summed E-state index contributed by atoms with van der Waals surface area (Å²) >= 11 is 4.82. The third kappa shape index (κ3) is 3.25. The second-order valence-corrected chi connectivity index (χ2v) is 6.29. The molecule has 0 amide bonds. The van der Waals surface area contributed by atoms with Gasteiger partial charge in [0.25, 0.3) is 0 Å². The Kier molecular flexibility index (Phi) is 5.42. The molecule has 1 aromatic carbocycles. The first-order chi connectivity index (χ1) is 10.5. The van der Waals surface area contributed by atoms with Gasteiger partial charge in [-0.25, -0.2) is 0 Å². The van der Waals surface area contributed by atoms with Gasteiger partial charge in [0.2, 0.25) is 0 Å². The van der Waals surface area contributed by atoms with E-state index in [0.29, 0.717) is 20.8 Å². The van der Waals surface area contributed by atoms with Gasteiger partial charge in [-0.3, -0.25) is 9.59 Å². The molecule has 0 N–H and O–H groups in total. The minimum atomic E-state index is -0.395. The maximum atomic E-state index is 12.3. The molecule has 0 fully saturated rings. The van der Waals surface area contributed by atoms with E-state index in [0.717, 1.165) is 10.1 Å². The molecule has 0 spiro atoms. The van der Waals surface area contributed by atoms with E-state index in [1.165, 1.54) is 18.4 Å². The molecule has 7 heteroatoms. The Morgan fingerprint density at radius 2 is 1.73 bits per heavy atom. The highest BCUT2D eigenvalue weighted by atomic mass is 79.9. The number of ether oxygens (including phenoxy) is 3. The van der Waals surface area contributed by atoms with Crippen molar-refractivity contribution in [3.8, 4) is 11.5 Å². The lowest BCUT2D eigenvalue weighted by atomic mass is 10.1. The van der Waals surface area contributed by atoms with Gasteiger partial charge in [0.05, 0.1) is 32.6 Å². The highest BCUT2D eigenvalue weighted by molar-refractivity contribution is 9.10. The molecule has 0 bridgehead atoms. The summed E-state index contributed by atoms with van der Waals surface area (Å²) in [6.07, 6.45) is 0.190. The van der Waals surface area contributed by atoms with Gasteiger partial charge in [-0.15, -0.1) is 11.3 Å². The second-order valence-electron chi connectivity index (χ2n) is 4.45. The van der Waals surface area contributed by atoms with Crippen molar-refractivity contribution in [2.24, 2.45) is 0 Å². The zero-order chi connectivity index (χ0) is 16.3. The number of halogens is 1. The number of esters is 1. The van der Waals surface area contributed by atoms with E-state index in [-0.39, 0.29) is 18.6 Å². The number of fused-ring (bicyclic) bond motifs is 1. The summed E-state index contributed by atoms with van der Waals surface area (Å²) in [6.45, 7) is 0. The van der Waals surface area contributed by atoms with Crippen LogP contribution in [0.3, 0.4) is 0 Å². The van der Waals surface area contributed by atoms with Gasteiger partial charge in [-0.1, -0.05) is 0 Å². The van der Waals surface area contributed by atoms with Crippen LogP contribution in [0.5, 0.6) is 11.5 Å². The van der Waals surface area contributed by atoms with E-state index in [1.807, 2.05) is 12.1 Å². The van der Waals surface area contributed by atoms with E-state index in [2.05, 4.69) is 20.7 Å². The van der Waals surface area contributed by atoms with E-state index >= 15 is 0 Å². The third-order valence-corrected chi connectivity index (χ3v) is 5.45. The first kappa shape index (κ1) is 16.8. The number of ketones is 1. The largest absolute Gasteiger partial charge is 0.493 e. The van der Waals surface area contributed by atoms with Crippen molar-refractivity contribution in [2.75, 3.05) is 21.3 Å². The van der Waals surface area contributed by atoms with Crippen LogP contribution < -0.4 is 9.47 Å². The molecule has 5 nitrogen and oxygen atoms in total. The molecule has 2 aromatic rings. The molecule has 0 saturated carbocycles. The number of carbonyl (C=O) groups excluding carboxylic acids is 2. The molecule has 22 heavy (non-hydrogen) atoms. The van der Waals surface area contributed by atoms with E-state index < -0.39 is 5.97 Å². The van der Waals surface area contributed by atoms with E-state index in [4.69, 9.17) is 9.47 Å². The highest BCUT2D eigenvalue weighted by Crippen LogP contribution is 2.42. The van der Waals surface area contributed by atoms with Gasteiger partial charge in [0.1, 0.15) is 0 Å². The molecule has 1 aromatic heterocycles. The van der Waals surface area contributed by atoms with Gasteiger partial charge in [0, 0.05) is 27.0 Å². The van der Waals surface area contributed by atoms with Crippen LogP contribution in [0.15, 0.2) is 16.6 Å². The van der Waals surface area contributed by atoms with Crippen molar-refractivity contribution in [2.45, 2.75) is 12.8 Å². The standard InChI is InChI=1S/C15H15BrO5S/c1-19-10-6-8-12(7-11(10)20-2)22-15(14(8)16)9(17)4-5-13(18)21-3/h6-7H,4-5H2,1-3H3. The van der Waals surface area contributed by atoms with Crippen molar-refractivity contribution >= 4 is 49.1 Å². The van der Waals surface area contributed by atoms with Crippen molar-refractivity contribution < 1.29 is 23.8 Å². The van der Waals surface area contributed by atoms with E-state index in [9.17, 15) is 9.59 Å². The van der Waals surface area contributed by atoms with Crippen LogP contribution in [-0.4, -0.2) is 33.1 Å². The number of carbonyl (C=O) groups is 2. The van der Waals surface area contributed by atoms with Gasteiger partial charge < -0.3 is 14.2 Å². The van der Waals surface area contributed by atoms with Crippen LogP contribution in [-0.2, 0) is 9.53 Å². The van der Waals surface area contributed by atoms with Gasteiger partial charge in [-0.2, -0.15) is 0 Å². The van der Waals surface area contributed by atoms with Crippen molar-refractivity contribution in [1.29, 1.82) is 0 Å². The average molecular weight is 387 g/mol. The predicted octanol–water partition coefficient (Wildman–Crippen LogP) is 3.82. The summed E-state index contributed by atoms with van der Waals surface area (Å²) in [5.41, 5.74) is 0. The predicted molar refractivity (Wildman–Crippen MR) is 88.2 cm³/mol. The fourth-order valence-electron chi connectivity index (χ4n) is 2.00. The third-order valence-electron chi connectivity index (χ3n) is 3.17. The highest BCUT2D eigenvalue weighted by Gasteiger charge is 2.19. The van der Waals surface area contributed by atoms with Crippen molar-refractivity contribution in [3.05, 3.63) is 21.5 Å². The summed E-state index contributed by atoms with van der Waals surface area (Å²) in [5.74, 6) is 0.713. The summed E-state index contributed by atoms with van der Waals surface area (Å²) in [5, 5.41) is 0.879.